The highest BCUT2D eigenvalue weighted by molar-refractivity contribution is 6.32. The maximum Gasteiger partial charge on any atom is 0.252 e. The van der Waals surface area contributed by atoms with E-state index in [0.717, 1.165) is 0 Å². The Morgan fingerprint density at radius 1 is 1.62 bits per heavy atom. The van der Waals surface area contributed by atoms with Crippen LogP contribution in [0.5, 0.6) is 5.75 Å². The average molecular weight is 239 g/mol. The summed E-state index contributed by atoms with van der Waals surface area (Å²) >= 11 is 5.92. The van der Waals surface area contributed by atoms with Crippen LogP contribution in [0.3, 0.4) is 0 Å². The van der Waals surface area contributed by atoms with E-state index < -0.39 is 0 Å². The van der Waals surface area contributed by atoms with Crippen molar-refractivity contribution >= 4 is 17.5 Å². The van der Waals surface area contributed by atoms with Crippen molar-refractivity contribution in [3.63, 3.8) is 0 Å². The highest BCUT2D eigenvalue weighted by Gasteiger charge is 2.08. The molecule has 0 unspecified atom stereocenters. The molecule has 0 fully saturated rings. The van der Waals surface area contributed by atoms with E-state index in [-0.39, 0.29) is 12.5 Å². The van der Waals surface area contributed by atoms with Crippen LogP contribution >= 0.6 is 11.6 Å². The van der Waals surface area contributed by atoms with Gasteiger partial charge in [-0.25, -0.2) is 0 Å². The van der Waals surface area contributed by atoms with Gasteiger partial charge in [-0.1, -0.05) is 11.6 Å². The second-order valence-corrected chi connectivity index (χ2v) is 3.33. The maximum absolute atomic E-state index is 11.5. The van der Waals surface area contributed by atoms with Crippen LogP contribution in [0.15, 0.2) is 18.2 Å². The Morgan fingerprint density at radius 3 is 2.94 bits per heavy atom. The molecule has 0 heterocycles. The van der Waals surface area contributed by atoms with Gasteiger partial charge in [0.25, 0.3) is 5.91 Å². The van der Waals surface area contributed by atoms with Crippen LogP contribution in [-0.4, -0.2) is 19.1 Å². The number of benzene rings is 1. The van der Waals surface area contributed by atoms with Gasteiger partial charge >= 0.3 is 0 Å². The predicted octanol–water partition coefficient (Wildman–Crippen LogP) is 1.99. The first kappa shape index (κ1) is 12.3. The molecule has 0 spiro atoms. The molecule has 4 nitrogen and oxygen atoms in total. The minimum atomic E-state index is -0.327. The van der Waals surface area contributed by atoms with E-state index >= 15 is 0 Å². The summed E-state index contributed by atoms with van der Waals surface area (Å²) in [5.74, 6) is 0.215. The third-order valence-corrected chi connectivity index (χ3v) is 2.12. The number of nitrogens with zero attached hydrogens (tertiary/aromatic N) is 1. The van der Waals surface area contributed by atoms with E-state index in [1.54, 1.807) is 12.1 Å². The van der Waals surface area contributed by atoms with Gasteiger partial charge in [0.1, 0.15) is 12.3 Å². The Morgan fingerprint density at radius 2 is 2.38 bits per heavy atom. The quantitative estimate of drug-likeness (QED) is 0.816. The van der Waals surface area contributed by atoms with E-state index in [1.807, 2.05) is 13.0 Å². The molecule has 0 atom stereocenters. The minimum absolute atomic E-state index is 0.0241. The van der Waals surface area contributed by atoms with Crippen LogP contribution in [0.25, 0.3) is 0 Å². The molecule has 5 heteroatoms. The first-order valence-corrected chi connectivity index (χ1v) is 5.14. The molecule has 1 aromatic rings. The van der Waals surface area contributed by atoms with Gasteiger partial charge in [0, 0.05) is 5.56 Å². The summed E-state index contributed by atoms with van der Waals surface area (Å²) in [6, 6.07) is 6.57. The van der Waals surface area contributed by atoms with Crippen LogP contribution in [0.4, 0.5) is 0 Å². The monoisotopic (exact) mass is 238 g/mol. The number of amides is 1. The lowest BCUT2D eigenvalue weighted by atomic mass is 10.2. The lowest BCUT2D eigenvalue weighted by Gasteiger charge is -2.07. The topological polar surface area (TPSA) is 62.1 Å². The van der Waals surface area contributed by atoms with Crippen LogP contribution in [0.1, 0.15) is 17.3 Å². The number of halogens is 1. The van der Waals surface area contributed by atoms with Crippen LogP contribution in [0, 0.1) is 11.3 Å². The SMILES string of the molecule is CCOc1ccc(C(=O)NCC#N)cc1Cl. The third-order valence-electron chi connectivity index (χ3n) is 1.82. The van der Waals surface area contributed by atoms with Crippen molar-refractivity contribution in [1.82, 2.24) is 5.32 Å². The van der Waals surface area contributed by atoms with Crippen LogP contribution < -0.4 is 10.1 Å². The predicted molar refractivity (Wildman–Crippen MR) is 60.6 cm³/mol. The summed E-state index contributed by atoms with van der Waals surface area (Å²) in [4.78, 5) is 11.5. The Hall–Kier alpha value is -1.73. The van der Waals surface area contributed by atoms with Crippen molar-refractivity contribution in [2.75, 3.05) is 13.2 Å². The zero-order valence-electron chi connectivity index (χ0n) is 8.79. The van der Waals surface area contributed by atoms with Gasteiger partial charge < -0.3 is 10.1 Å². The minimum Gasteiger partial charge on any atom is -0.492 e. The van der Waals surface area contributed by atoms with Crippen molar-refractivity contribution in [3.8, 4) is 11.8 Å². The van der Waals surface area contributed by atoms with E-state index in [4.69, 9.17) is 21.6 Å². The molecule has 0 aliphatic rings. The number of carbonyl (C=O) groups excluding carboxylic acids is 1. The van der Waals surface area contributed by atoms with Gasteiger partial charge in [0.2, 0.25) is 0 Å². The summed E-state index contributed by atoms with van der Waals surface area (Å²) in [5, 5.41) is 11.1. The normalized spacial score (nSPS) is 9.31. The lowest BCUT2D eigenvalue weighted by molar-refractivity contribution is 0.0958. The molecule has 0 aliphatic carbocycles. The van der Waals surface area contributed by atoms with Crippen molar-refractivity contribution < 1.29 is 9.53 Å². The highest BCUT2D eigenvalue weighted by atomic mass is 35.5. The van der Waals surface area contributed by atoms with Gasteiger partial charge in [0.15, 0.2) is 0 Å². The van der Waals surface area contributed by atoms with Gasteiger partial charge in [-0.05, 0) is 25.1 Å². The molecule has 1 aromatic carbocycles. The Labute approximate surface area is 98.8 Å². The van der Waals surface area contributed by atoms with Crippen LogP contribution in [0.2, 0.25) is 5.02 Å². The van der Waals surface area contributed by atoms with E-state index in [9.17, 15) is 4.79 Å². The number of hydrogen-bond donors (Lipinski definition) is 1. The number of rotatable bonds is 4. The fourth-order valence-electron chi connectivity index (χ4n) is 1.14. The summed E-state index contributed by atoms with van der Waals surface area (Å²) in [7, 11) is 0. The zero-order valence-corrected chi connectivity index (χ0v) is 9.54. The van der Waals surface area contributed by atoms with E-state index in [0.29, 0.717) is 22.9 Å². The number of nitriles is 1. The standard InChI is InChI=1S/C11H11ClN2O2/c1-2-16-10-4-3-8(7-9(10)12)11(15)14-6-5-13/h3-4,7H,2,6H2,1H3,(H,14,15). The molecule has 0 radical (unpaired) electrons. The molecule has 0 bridgehead atoms. The smallest absolute Gasteiger partial charge is 0.252 e. The molecular formula is C11H11ClN2O2. The Kier molecular flexibility index (Phi) is 4.62. The highest BCUT2D eigenvalue weighted by Crippen LogP contribution is 2.25. The summed E-state index contributed by atoms with van der Waals surface area (Å²) in [6.45, 7) is 2.34. The molecule has 0 aromatic heterocycles. The molecular weight excluding hydrogens is 228 g/mol. The van der Waals surface area contributed by atoms with Crippen molar-refractivity contribution in [2.45, 2.75) is 6.92 Å². The van der Waals surface area contributed by atoms with Crippen molar-refractivity contribution in [3.05, 3.63) is 28.8 Å². The average Bonchev–Trinajstić information content (AvgIpc) is 2.29. The third kappa shape index (κ3) is 3.14. The first-order chi connectivity index (χ1) is 7.69. The summed E-state index contributed by atoms with van der Waals surface area (Å²) in [6.07, 6.45) is 0. The zero-order chi connectivity index (χ0) is 12.0. The van der Waals surface area contributed by atoms with Gasteiger partial charge in [-0.15, -0.1) is 0 Å². The Balaban J connectivity index is 2.80. The molecule has 1 N–H and O–H groups in total. The second kappa shape index (κ2) is 5.99. The van der Waals surface area contributed by atoms with Crippen LogP contribution in [-0.2, 0) is 0 Å². The van der Waals surface area contributed by atoms with E-state index in [2.05, 4.69) is 5.32 Å². The van der Waals surface area contributed by atoms with Gasteiger partial charge in [0.05, 0.1) is 17.7 Å². The molecule has 0 saturated carbocycles. The largest absolute Gasteiger partial charge is 0.492 e. The number of carbonyl (C=O) groups is 1. The molecule has 0 saturated heterocycles. The lowest BCUT2D eigenvalue weighted by Crippen LogP contribution is -2.23. The number of hydrogen-bond acceptors (Lipinski definition) is 3. The van der Waals surface area contributed by atoms with Crippen molar-refractivity contribution in [2.24, 2.45) is 0 Å². The molecule has 16 heavy (non-hydrogen) atoms. The molecule has 1 rings (SSSR count). The summed E-state index contributed by atoms with van der Waals surface area (Å²) in [5.41, 5.74) is 0.406. The molecule has 84 valence electrons. The van der Waals surface area contributed by atoms with Gasteiger partial charge in [-0.2, -0.15) is 5.26 Å². The summed E-state index contributed by atoms with van der Waals surface area (Å²) < 4.78 is 5.24. The molecule has 1 amide bonds. The number of ether oxygens (including phenoxy) is 1. The van der Waals surface area contributed by atoms with Crippen molar-refractivity contribution in [1.29, 1.82) is 5.26 Å². The first-order valence-electron chi connectivity index (χ1n) is 4.76. The fourth-order valence-corrected chi connectivity index (χ4v) is 1.37. The second-order valence-electron chi connectivity index (χ2n) is 2.92. The maximum atomic E-state index is 11.5. The van der Waals surface area contributed by atoms with Gasteiger partial charge in [-0.3, -0.25) is 4.79 Å². The molecule has 0 aliphatic heterocycles. The number of nitrogens with one attached hydrogen (secondary N) is 1. The Bertz CT molecular complexity index is 426. The fraction of sp³-hybridized carbons (Fsp3) is 0.273. The van der Waals surface area contributed by atoms with E-state index in [1.165, 1.54) is 6.07 Å².